The second-order valence-electron chi connectivity index (χ2n) is 7.56. The summed E-state index contributed by atoms with van der Waals surface area (Å²) in [4.78, 5) is 13.2. The Kier molecular flexibility index (Phi) is 6.26. The second kappa shape index (κ2) is 9.28. The van der Waals surface area contributed by atoms with E-state index in [2.05, 4.69) is 27.3 Å². The Morgan fingerprint density at radius 3 is 2.64 bits per heavy atom. The Balaban J connectivity index is 1.67. The number of aromatic nitrogens is 1. The van der Waals surface area contributed by atoms with Crippen molar-refractivity contribution in [3.63, 3.8) is 0 Å². The van der Waals surface area contributed by atoms with Gasteiger partial charge in [-0.25, -0.2) is 0 Å². The lowest BCUT2D eigenvalue weighted by atomic mass is 10.1. The molecule has 2 aromatic carbocycles. The summed E-state index contributed by atoms with van der Waals surface area (Å²) in [5.74, 6) is 0. The summed E-state index contributed by atoms with van der Waals surface area (Å²) >= 11 is 0. The SMILES string of the molecule is C=N/C(=C1/NCCC1=Nc1cc(Nc2cccc(C(F)(F)F)c2)ccc1C)c1cccnc1. The fourth-order valence-electron chi connectivity index (χ4n) is 3.58. The molecule has 0 spiro atoms. The highest BCUT2D eigenvalue weighted by atomic mass is 19.4. The predicted octanol–water partition coefficient (Wildman–Crippen LogP) is 6.29. The molecule has 1 saturated heterocycles. The van der Waals surface area contributed by atoms with E-state index >= 15 is 0 Å². The summed E-state index contributed by atoms with van der Waals surface area (Å²) in [6.45, 7) is 6.36. The Morgan fingerprint density at radius 1 is 1.09 bits per heavy atom. The van der Waals surface area contributed by atoms with Crippen LogP contribution in [0.1, 0.15) is 23.1 Å². The lowest BCUT2D eigenvalue weighted by Crippen LogP contribution is -2.09. The van der Waals surface area contributed by atoms with Crippen molar-refractivity contribution in [1.82, 2.24) is 10.3 Å². The Labute approximate surface area is 189 Å². The van der Waals surface area contributed by atoms with Crippen LogP contribution in [-0.2, 0) is 6.18 Å². The van der Waals surface area contributed by atoms with E-state index in [-0.39, 0.29) is 0 Å². The quantitative estimate of drug-likeness (QED) is 0.450. The maximum Gasteiger partial charge on any atom is 0.416 e. The van der Waals surface area contributed by atoms with Crippen LogP contribution in [0.4, 0.5) is 30.2 Å². The normalized spacial score (nSPS) is 16.4. The number of aliphatic imine (C=N–C) groups is 2. The minimum atomic E-state index is -4.40. The molecule has 0 unspecified atom stereocenters. The zero-order valence-electron chi connectivity index (χ0n) is 17.9. The van der Waals surface area contributed by atoms with Gasteiger partial charge in [-0.2, -0.15) is 13.2 Å². The van der Waals surface area contributed by atoms with Crippen LogP contribution in [0.5, 0.6) is 0 Å². The standard InChI is InChI=1S/C25H22F3N5/c1-16-8-9-20(32-19-7-3-6-18(13-19)25(26,27)28)14-22(16)33-21-10-12-31-24(21)23(29-2)17-5-4-11-30-15-17/h3-9,11,13-15,31-32H,2,10,12H2,1H3/b24-23+,33-21?. The molecule has 0 atom stereocenters. The van der Waals surface area contributed by atoms with Gasteiger partial charge >= 0.3 is 6.18 Å². The van der Waals surface area contributed by atoms with Crippen molar-refractivity contribution in [2.45, 2.75) is 19.5 Å². The van der Waals surface area contributed by atoms with Crippen LogP contribution >= 0.6 is 0 Å². The highest BCUT2D eigenvalue weighted by molar-refractivity contribution is 6.09. The molecule has 2 heterocycles. The molecule has 0 radical (unpaired) electrons. The first-order chi connectivity index (χ1) is 15.8. The van der Waals surface area contributed by atoms with Gasteiger partial charge in [0.15, 0.2) is 0 Å². The van der Waals surface area contributed by atoms with Gasteiger partial charge in [0.2, 0.25) is 0 Å². The largest absolute Gasteiger partial charge is 0.416 e. The first kappa shape index (κ1) is 22.3. The van der Waals surface area contributed by atoms with E-state index < -0.39 is 11.7 Å². The molecule has 1 aliphatic rings. The Morgan fingerprint density at radius 2 is 1.91 bits per heavy atom. The molecule has 8 heteroatoms. The van der Waals surface area contributed by atoms with E-state index in [9.17, 15) is 13.2 Å². The Hall–Kier alpha value is -3.94. The summed E-state index contributed by atoms with van der Waals surface area (Å²) in [5.41, 5.74) is 5.10. The number of aryl methyl sites for hydroxylation is 1. The number of allylic oxidation sites excluding steroid dienone is 1. The number of nitrogens with one attached hydrogen (secondary N) is 2. The van der Waals surface area contributed by atoms with Crippen molar-refractivity contribution in [2.75, 3.05) is 11.9 Å². The molecule has 0 aliphatic carbocycles. The van der Waals surface area contributed by atoms with Gasteiger partial charge in [0.05, 0.1) is 28.4 Å². The molecule has 0 saturated carbocycles. The minimum absolute atomic E-state index is 0.352. The molecule has 0 bridgehead atoms. The third kappa shape index (κ3) is 5.11. The summed E-state index contributed by atoms with van der Waals surface area (Å²) < 4.78 is 39.1. The number of hydrogen-bond donors (Lipinski definition) is 2. The number of anilines is 2. The molecule has 2 N–H and O–H groups in total. The molecule has 1 aromatic heterocycles. The molecule has 33 heavy (non-hydrogen) atoms. The summed E-state index contributed by atoms with van der Waals surface area (Å²) in [7, 11) is 0. The highest BCUT2D eigenvalue weighted by Crippen LogP contribution is 2.33. The van der Waals surface area contributed by atoms with Crippen LogP contribution in [0.15, 0.2) is 82.7 Å². The number of nitrogens with zero attached hydrogens (tertiary/aromatic N) is 3. The van der Waals surface area contributed by atoms with Gasteiger partial charge in [0.25, 0.3) is 0 Å². The van der Waals surface area contributed by atoms with E-state index in [1.807, 2.05) is 37.3 Å². The molecule has 5 nitrogen and oxygen atoms in total. The van der Waals surface area contributed by atoms with Crippen LogP contribution in [0.25, 0.3) is 5.70 Å². The van der Waals surface area contributed by atoms with Crippen molar-refractivity contribution < 1.29 is 13.2 Å². The van der Waals surface area contributed by atoms with Gasteiger partial charge in [-0.15, -0.1) is 0 Å². The van der Waals surface area contributed by atoms with Crippen molar-refractivity contribution in [1.29, 1.82) is 0 Å². The third-order valence-electron chi connectivity index (χ3n) is 5.23. The number of rotatable bonds is 5. The molecule has 0 amide bonds. The zero-order chi connectivity index (χ0) is 23.4. The van der Waals surface area contributed by atoms with Crippen LogP contribution in [0.3, 0.4) is 0 Å². The highest BCUT2D eigenvalue weighted by Gasteiger charge is 2.30. The van der Waals surface area contributed by atoms with Gasteiger partial charge in [0, 0.05) is 42.3 Å². The molecular weight excluding hydrogens is 427 g/mol. The number of hydrogen-bond acceptors (Lipinski definition) is 5. The van der Waals surface area contributed by atoms with Gasteiger partial charge in [-0.1, -0.05) is 12.1 Å². The topological polar surface area (TPSA) is 61.7 Å². The van der Waals surface area contributed by atoms with E-state index in [1.165, 1.54) is 6.07 Å². The van der Waals surface area contributed by atoms with Gasteiger partial charge in [-0.05, 0) is 61.7 Å². The molecule has 168 valence electrons. The van der Waals surface area contributed by atoms with Crippen molar-refractivity contribution in [3.8, 4) is 0 Å². The average Bonchev–Trinajstić information content (AvgIpc) is 3.25. The van der Waals surface area contributed by atoms with Crippen LogP contribution < -0.4 is 10.6 Å². The number of halogens is 3. The molecular formula is C25H22F3N5. The molecule has 1 aliphatic heterocycles. The molecule has 1 fully saturated rings. The van der Waals surface area contributed by atoms with Crippen LogP contribution in [0.2, 0.25) is 0 Å². The lowest BCUT2D eigenvalue weighted by Gasteiger charge is -2.12. The van der Waals surface area contributed by atoms with Crippen molar-refractivity contribution in [3.05, 3.63) is 89.4 Å². The number of pyridine rings is 1. The maximum absolute atomic E-state index is 13.0. The fraction of sp³-hybridized carbons (Fsp3) is 0.160. The fourth-order valence-corrected chi connectivity index (χ4v) is 3.58. The predicted molar refractivity (Wildman–Crippen MR) is 126 cm³/mol. The summed E-state index contributed by atoms with van der Waals surface area (Å²) in [6, 6.07) is 14.4. The second-order valence-corrected chi connectivity index (χ2v) is 7.56. The van der Waals surface area contributed by atoms with Gasteiger partial charge in [-0.3, -0.25) is 15.0 Å². The van der Waals surface area contributed by atoms with Gasteiger partial charge in [0.1, 0.15) is 0 Å². The van der Waals surface area contributed by atoms with E-state index in [1.54, 1.807) is 18.5 Å². The van der Waals surface area contributed by atoms with Crippen LogP contribution in [0, 0.1) is 6.92 Å². The third-order valence-corrected chi connectivity index (χ3v) is 5.23. The number of alkyl halides is 3. The zero-order valence-corrected chi connectivity index (χ0v) is 17.9. The van der Waals surface area contributed by atoms with Gasteiger partial charge < -0.3 is 10.6 Å². The average molecular weight is 449 g/mol. The minimum Gasteiger partial charge on any atom is -0.381 e. The van der Waals surface area contributed by atoms with Crippen molar-refractivity contribution in [2.24, 2.45) is 9.98 Å². The first-order valence-corrected chi connectivity index (χ1v) is 10.3. The lowest BCUT2D eigenvalue weighted by molar-refractivity contribution is -0.137. The molecule has 4 rings (SSSR count). The smallest absolute Gasteiger partial charge is 0.381 e. The van der Waals surface area contributed by atoms with Crippen molar-refractivity contribution >= 4 is 35.2 Å². The maximum atomic E-state index is 13.0. The van der Waals surface area contributed by atoms with E-state index in [4.69, 9.17) is 4.99 Å². The monoisotopic (exact) mass is 449 g/mol. The summed E-state index contributed by atoms with van der Waals surface area (Å²) in [5, 5.41) is 6.38. The van der Waals surface area contributed by atoms with E-state index in [0.717, 1.165) is 40.4 Å². The molecule has 3 aromatic rings. The number of benzene rings is 2. The summed E-state index contributed by atoms with van der Waals surface area (Å²) in [6.07, 6.45) is -0.275. The van der Waals surface area contributed by atoms with Crippen LogP contribution in [-0.4, -0.2) is 24.0 Å². The Bertz CT molecular complexity index is 1230. The van der Waals surface area contributed by atoms with E-state index in [0.29, 0.717) is 30.0 Å². The first-order valence-electron chi connectivity index (χ1n) is 10.3.